The number of nitrogens with one attached hydrogen (secondary N) is 1. The van der Waals surface area contributed by atoms with Crippen LogP contribution in [-0.2, 0) is 16.1 Å². The first-order chi connectivity index (χ1) is 13.5. The van der Waals surface area contributed by atoms with E-state index in [1.165, 1.54) is 5.56 Å². The smallest absolute Gasteiger partial charge is 0.229 e. The number of nitrogens with zero attached hydrogens (tertiary/aromatic N) is 1. The number of rotatable bonds is 4. The number of amides is 2. The lowest BCUT2D eigenvalue weighted by atomic mass is 10.1. The molecule has 1 atom stereocenters. The predicted molar refractivity (Wildman–Crippen MR) is 108 cm³/mol. The van der Waals surface area contributed by atoms with E-state index in [0.29, 0.717) is 48.0 Å². The number of hydrogen-bond donors (Lipinski definition) is 1. The number of aryl methyl sites for hydroxylation is 1. The van der Waals surface area contributed by atoms with Crippen LogP contribution in [0.2, 0.25) is 0 Å². The van der Waals surface area contributed by atoms with Crippen LogP contribution in [0.25, 0.3) is 0 Å². The van der Waals surface area contributed by atoms with Crippen molar-refractivity contribution in [3.63, 3.8) is 0 Å². The third-order valence-electron chi connectivity index (χ3n) is 4.97. The lowest BCUT2D eigenvalue weighted by molar-refractivity contribution is -0.128. The van der Waals surface area contributed by atoms with Gasteiger partial charge in [0.05, 0.1) is 11.6 Å². The minimum Gasteiger partial charge on any atom is -0.486 e. The lowest BCUT2D eigenvalue weighted by Gasteiger charge is -2.20. The molecule has 0 spiro atoms. The standard InChI is InChI=1S/C21H21BrN2O4/c1-13-2-4-14(5-3-13)11-24-12-15(8-20(24)25)21(26)23-17-10-19-18(9-16(17)22)27-6-7-28-19/h2-5,9-10,15H,6-8,11-12H2,1H3,(H,23,26). The van der Waals surface area contributed by atoms with Crippen molar-refractivity contribution >= 4 is 33.4 Å². The number of halogens is 1. The predicted octanol–water partition coefficient (Wildman–Crippen LogP) is 3.52. The van der Waals surface area contributed by atoms with Gasteiger partial charge >= 0.3 is 0 Å². The summed E-state index contributed by atoms with van der Waals surface area (Å²) in [6.45, 7) is 3.96. The number of carbonyl (C=O) groups excluding carboxylic acids is 2. The number of likely N-dealkylation sites (tertiary alicyclic amines) is 1. The summed E-state index contributed by atoms with van der Waals surface area (Å²) in [7, 11) is 0. The summed E-state index contributed by atoms with van der Waals surface area (Å²) in [5.74, 6) is 0.710. The van der Waals surface area contributed by atoms with E-state index in [0.717, 1.165) is 5.56 Å². The molecule has 0 radical (unpaired) electrons. The summed E-state index contributed by atoms with van der Waals surface area (Å²) in [6.07, 6.45) is 0.222. The Hall–Kier alpha value is -2.54. The molecule has 2 aliphatic heterocycles. The first kappa shape index (κ1) is 18.8. The molecule has 0 saturated carbocycles. The van der Waals surface area contributed by atoms with E-state index in [9.17, 15) is 9.59 Å². The Morgan fingerprint density at radius 2 is 1.86 bits per heavy atom. The van der Waals surface area contributed by atoms with Crippen LogP contribution in [0.5, 0.6) is 11.5 Å². The van der Waals surface area contributed by atoms with Crippen molar-refractivity contribution in [3.05, 3.63) is 52.0 Å². The average molecular weight is 445 g/mol. The normalized spacial score (nSPS) is 18.3. The van der Waals surface area contributed by atoms with Gasteiger partial charge in [-0.2, -0.15) is 0 Å². The molecule has 6 nitrogen and oxygen atoms in total. The molecule has 0 aliphatic carbocycles. The highest BCUT2D eigenvalue weighted by Crippen LogP contribution is 2.38. The monoisotopic (exact) mass is 444 g/mol. The third kappa shape index (κ3) is 3.99. The zero-order chi connectivity index (χ0) is 19.7. The van der Waals surface area contributed by atoms with E-state index < -0.39 is 0 Å². The topological polar surface area (TPSA) is 67.9 Å². The van der Waals surface area contributed by atoms with Crippen molar-refractivity contribution < 1.29 is 19.1 Å². The van der Waals surface area contributed by atoms with Gasteiger partial charge in [-0.25, -0.2) is 0 Å². The molecule has 7 heteroatoms. The van der Waals surface area contributed by atoms with E-state index >= 15 is 0 Å². The van der Waals surface area contributed by atoms with Crippen molar-refractivity contribution in [2.45, 2.75) is 19.9 Å². The summed E-state index contributed by atoms with van der Waals surface area (Å²) in [5.41, 5.74) is 2.85. The fourth-order valence-electron chi connectivity index (χ4n) is 3.41. The lowest BCUT2D eigenvalue weighted by Crippen LogP contribution is -2.28. The van der Waals surface area contributed by atoms with Crippen molar-refractivity contribution in [1.29, 1.82) is 0 Å². The Bertz CT molecular complexity index is 913. The fraction of sp³-hybridized carbons (Fsp3) is 0.333. The van der Waals surface area contributed by atoms with Crippen molar-refractivity contribution in [2.75, 3.05) is 25.1 Å². The first-order valence-electron chi connectivity index (χ1n) is 9.23. The molecule has 2 heterocycles. The number of hydrogen-bond acceptors (Lipinski definition) is 4. The van der Waals surface area contributed by atoms with Gasteiger partial charge in [-0.05, 0) is 28.4 Å². The highest BCUT2D eigenvalue weighted by molar-refractivity contribution is 9.10. The van der Waals surface area contributed by atoms with Crippen LogP contribution in [0.15, 0.2) is 40.9 Å². The van der Waals surface area contributed by atoms with Crippen LogP contribution in [0, 0.1) is 12.8 Å². The fourth-order valence-corrected chi connectivity index (χ4v) is 3.83. The molecule has 2 aliphatic rings. The van der Waals surface area contributed by atoms with Crippen LogP contribution < -0.4 is 14.8 Å². The number of carbonyl (C=O) groups is 2. The van der Waals surface area contributed by atoms with Crippen LogP contribution in [-0.4, -0.2) is 36.5 Å². The number of ether oxygens (including phenoxy) is 2. The Morgan fingerprint density at radius 1 is 1.18 bits per heavy atom. The second-order valence-electron chi connectivity index (χ2n) is 7.13. The Kier molecular flexibility index (Phi) is 5.26. The number of benzene rings is 2. The Balaban J connectivity index is 1.41. The first-order valence-corrected chi connectivity index (χ1v) is 10.0. The minimum atomic E-state index is -0.377. The van der Waals surface area contributed by atoms with Crippen molar-refractivity contribution in [1.82, 2.24) is 4.90 Å². The Labute approximate surface area is 171 Å². The molecule has 0 bridgehead atoms. The molecule has 1 fully saturated rings. The van der Waals surface area contributed by atoms with Crippen molar-refractivity contribution in [2.24, 2.45) is 5.92 Å². The summed E-state index contributed by atoms with van der Waals surface area (Å²) in [5, 5.41) is 2.91. The molecule has 2 aromatic carbocycles. The van der Waals surface area contributed by atoms with Gasteiger partial charge in [0.2, 0.25) is 11.8 Å². The molecular weight excluding hydrogens is 424 g/mol. The minimum absolute atomic E-state index is 0.00182. The molecule has 2 amide bonds. The number of anilines is 1. The largest absolute Gasteiger partial charge is 0.486 e. The molecule has 146 valence electrons. The van der Waals surface area contributed by atoms with E-state index in [1.54, 1.807) is 17.0 Å². The molecule has 4 rings (SSSR count). The Morgan fingerprint density at radius 3 is 2.57 bits per heavy atom. The molecular formula is C21H21BrN2O4. The summed E-state index contributed by atoms with van der Waals surface area (Å²) in [6, 6.07) is 11.6. The molecule has 28 heavy (non-hydrogen) atoms. The van der Waals surface area contributed by atoms with Gasteiger partial charge in [-0.15, -0.1) is 0 Å². The maximum atomic E-state index is 12.7. The van der Waals surface area contributed by atoms with Gasteiger partial charge in [-0.3, -0.25) is 9.59 Å². The average Bonchev–Trinajstić information content (AvgIpc) is 3.05. The van der Waals surface area contributed by atoms with Gasteiger partial charge in [0.25, 0.3) is 0 Å². The quantitative estimate of drug-likeness (QED) is 0.782. The van der Waals surface area contributed by atoms with Crippen LogP contribution in [0.1, 0.15) is 17.5 Å². The maximum Gasteiger partial charge on any atom is 0.229 e. The van der Waals surface area contributed by atoms with Gasteiger partial charge in [-0.1, -0.05) is 29.8 Å². The van der Waals surface area contributed by atoms with Crippen LogP contribution in [0.4, 0.5) is 5.69 Å². The van der Waals surface area contributed by atoms with E-state index in [4.69, 9.17) is 9.47 Å². The summed E-state index contributed by atoms with van der Waals surface area (Å²) >= 11 is 3.46. The van der Waals surface area contributed by atoms with E-state index in [1.807, 2.05) is 31.2 Å². The van der Waals surface area contributed by atoms with Gasteiger partial charge in [0.15, 0.2) is 11.5 Å². The highest BCUT2D eigenvalue weighted by Gasteiger charge is 2.34. The molecule has 2 aromatic rings. The van der Waals surface area contributed by atoms with Crippen LogP contribution in [0.3, 0.4) is 0 Å². The van der Waals surface area contributed by atoms with Gasteiger partial charge < -0.3 is 19.7 Å². The molecule has 1 unspecified atom stereocenters. The van der Waals surface area contributed by atoms with E-state index in [2.05, 4.69) is 21.2 Å². The van der Waals surface area contributed by atoms with Crippen LogP contribution >= 0.6 is 15.9 Å². The SMILES string of the molecule is Cc1ccc(CN2CC(C(=O)Nc3cc4c(cc3Br)OCCO4)CC2=O)cc1. The maximum absolute atomic E-state index is 12.7. The van der Waals surface area contributed by atoms with Gasteiger partial charge in [0.1, 0.15) is 13.2 Å². The molecule has 1 saturated heterocycles. The summed E-state index contributed by atoms with van der Waals surface area (Å²) in [4.78, 5) is 26.9. The zero-order valence-electron chi connectivity index (χ0n) is 15.5. The zero-order valence-corrected chi connectivity index (χ0v) is 17.1. The second kappa shape index (κ2) is 7.83. The third-order valence-corrected chi connectivity index (χ3v) is 5.63. The number of fused-ring (bicyclic) bond motifs is 1. The summed E-state index contributed by atoms with van der Waals surface area (Å²) < 4.78 is 11.8. The van der Waals surface area contributed by atoms with E-state index in [-0.39, 0.29) is 24.2 Å². The second-order valence-corrected chi connectivity index (χ2v) is 7.98. The molecule has 0 aromatic heterocycles. The van der Waals surface area contributed by atoms with Gasteiger partial charge in [0, 0.05) is 36.1 Å². The molecule has 1 N–H and O–H groups in total. The highest BCUT2D eigenvalue weighted by atomic mass is 79.9. The van der Waals surface area contributed by atoms with Crippen molar-refractivity contribution in [3.8, 4) is 11.5 Å².